The molecule has 3 saturated heterocycles. The van der Waals surface area contributed by atoms with Gasteiger partial charge in [-0.25, -0.2) is 13.8 Å². The zero-order chi connectivity index (χ0) is 29.5. The molecule has 41 heavy (non-hydrogen) atoms. The summed E-state index contributed by atoms with van der Waals surface area (Å²) in [6.07, 6.45) is -3.22. The molecular formula is C29H37F2N5O4S. The number of ether oxygens (including phenoxy) is 1. The van der Waals surface area contributed by atoms with Crippen molar-refractivity contribution in [2.24, 2.45) is 11.3 Å². The Morgan fingerprint density at radius 3 is 2.49 bits per heavy atom. The van der Waals surface area contributed by atoms with E-state index in [4.69, 9.17) is 9.72 Å². The topological polar surface area (TPSA) is 95.1 Å². The van der Waals surface area contributed by atoms with Crippen LogP contribution in [0.4, 0.5) is 13.9 Å². The van der Waals surface area contributed by atoms with E-state index in [9.17, 15) is 23.2 Å². The van der Waals surface area contributed by atoms with Crippen molar-refractivity contribution < 1.29 is 27.9 Å². The number of alkyl halides is 2. The first-order chi connectivity index (χ1) is 19.5. The fourth-order valence-electron chi connectivity index (χ4n) is 5.65. The number of piperazine rings is 1. The first-order valence-corrected chi connectivity index (χ1v) is 14.9. The van der Waals surface area contributed by atoms with E-state index in [1.54, 1.807) is 23.5 Å². The third-order valence-corrected chi connectivity index (χ3v) is 9.66. The molecule has 5 rings (SSSR count). The number of halogens is 2. The van der Waals surface area contributed by atoms with Gasteiger partial charge in [-0.15, -0.1) is 11.3 Å². The van der Waals surface area contributed by atoms with Gasteiger partial charge in [0.15, 0.2) is 10.9 Å². The molecule has 0 saturated carbocycles. The molecule has 4 atom stereocenters. The number of aromatic nitrogens is 1. The van der Waals surface area contributed by atoms with Crippen LogP contribution in [0.15, 0.2) is 29.6 Å². The molecule has 1 unspecified atom stereocenters. The van der Waals surface area contributed by atoms with Crippen molar-refractivity contribution >= 4 is 34.1 Å². The van der Waals surface area contributed by atoms with Crippen LogP contribution in [0.1, 0.15) is 37.6 Å². The lowest BCUT2D eigenvalue weighted by Crippen LogP contribution is -2.57. The number of thiazole rings is 1. The first kappa shape index (κ1) is 29.5. The van der Waals surface area contributed by atoms with E-state index in [2.05, 4.69) is 22.2 Å². The summed E-state index contributed by atoms with van der Waals surface area (Å²) in [5, 5.41) is 5.84. The Morgan fingerprint density at radius 2 is 1.85 bits per heavy atom. The van der Waals surface area contributed by atoms with Crippen LogP contribution in [0.25, 0.3) is 11.3 Å². The van der Waals surface area contributed by atoms with Crippen LogP contribution in [0.5, 0.6) is 0 Å². The quantitative estimate of drug-likeness (QED) is 0.506. The number of fused-ring (bicyclic) bond motifs is 1. The van der Waals surface area contributed by atoms with E-state index in [0.29, 0.717) is 12.0 Å². The Morgan fingerprint density at radius 1 is 1.17 bits per heavy atom. The van der Waals surface area contributed by atoms with Gasteiger partial charge in [0.2, 0.25) is 12.3 Å². The number of benzene rings is 1. The number of likely N-dealkylation sites (N-methyl/N-ethyl adjacent to an activating group) is 1. The summed E-state index contributed by atoms with van der Waals surface area (Å²) in [6, 6.07) is 4.95. The van der Waals surface area contributed by atoms with Gasteiger partial charge < -0.3 is 24.8 Å². The Kier molecular flexibility index (Phi) is 8.45. The number of ketones is 1. The highest BCUT2D eigenvalue weighted by atomic mass is 32.1. The molecule has 1 aromatic carbocycles. The first-order valence-electron chi connectivity index (χ1n) is 14.0. The van der Waals surface area contributed by atoms with Crippen molar-refractivity contribution in [2.45, 2.75) is 51.8 Å². The predicted octanol–water partition coefficient (Wildman–Crippen LogP) is 3.16. The van der Waals surface area contributed by atoms with E-state index in [-0.39, 0.29) is 18.9 Å². The molecule has 2 amide bonds. The van der Waals surface area contributed by atoms with Gasteiger partial charge in [-0.1, -0.05) is 32.9 Å². The summed E-state index contributed by atoms with van der Waals surface area (Å²) in [7, 11) is 2.11. The minimum Gasteiger partial charge on any atom is -0.367 e. The standard InChI is InChI=1S/C29H37F2N5O4S/c1-5-29(2,3)24(27(39)36-14-19(25(30)31)23-22(36)21(37)15-40-23)33-26(38)18-8-6-17(7-9-18)20-16-41-28(32-20)35-12-10-34(4)11-13-35/h6-9,16,19,22-25H,5,10-15H2,1-4H3,(H,33,38)/t19-,22+,23+,24?/m0/s1. The number of rotatable bonds is 8. The molecule has 3 fully saturated rings. The highest BCUT2D eigenvalue weighted by Gasteiger charge is 2.56. The minimum atomic E-state index is -2.73. The van der Waals surface area contributed by atoms with Crippen LogP contribution in [0.2, 0.25) is 0 Å². The molecule has 0 radical (unpaired) electrons. The number of nitrogens with one attached hydrogen (secondary N) is 1. The van der Waals surface area contributed by atoms with Gasteiger partial charge in [-0.3, -0.25) is 14.4 Å². The number of carbonyl (C=O) groups is 3. The molecule has 2 aromatic rings. The van der Waals surface area contributed by atoms with E-state index in [1.807, 2.05) is 38.3 Å². The molecule has 0 spiro atoms. The Hall–Kier alpha value is -2.96. The summed E-state index contributed by atoms with van der Waals surface area (Å²) in [5.74, 6) is -2.63. The number of amides is 2. The van der Waals surface area contributed by atoms with Crippen LogP contribution in [0, 0.1) is 11.3 Å². The van der Waals surface area contributed by atoms with E-state index in [0.717, 1.165) is 42.6 Å². The van der Waals surface area contributed by atoms with E-state index >= 15 is 0 Å². The van der Waals surface area contributed by atoms with Gasteiger partial charge in [-0.2, -0.15) is 0 Å². The largest absolute Gasteiger partial charge is 0.367 e. The normalized spacial score (nSPS) is 24.2. The number of Topliss-reactive ketones (excluding diaryl/α,β-unsaturated/α-hetero) is 1. The summed E-state index contributed by atoms with van der Waals surface area (Å²) in [5.41, 5.74) is 1.36. The molecule has 4 heterocycles. The molecule has 3 aliphatic heterocycles. The molecule has 0 bridgehead atoms. The zero-order valence-corrected chi connectivity index (χ0v) is 24.6. The van der Waals surface area contributed by atoms with Crippen molar-refractivity contribution in [1.29, 1.82) is 0 Å². The van der Waals surface area contributed by atoms with Crippen molar-refractivity contribution in [2.75, 3.05) is 51.3 Å². The molecule has 1 N–H and O–H groups in total. The SMILES string of the molecule is CCC(C)(C)C(NC(=O)c1ccc(-c2csc(N3CCN(C)CC3)n2)cc1)C(=O)N1C[C@H](C(F)F)[C@H]2OCC(=O)[C@H]21. The molecule has 222 valence electrons. The van der Waals surface area contributed by atoms with Gasteiger partial charge in [0, 0.05) is 49.2 Å². The third-order valence-electron chi connectivity index (χ3n) is 8.75. The van der Waals surface area contributed by atoms with Crippen LogP contribution < -0.4 is 10.2 Å². The van der Waals surface area contributed by atoms with Gasteiger partial charge in [0.1, 0.15) is 18.7 Å². The lowest BCUT2D eigenvalue weighted by Gasteiger charge is -2.36. The van der Waals surface area contributed by atoms with Gasteiger partial charge in [0.25, 0.3) is 5.91 Å². The number of nitrogens with zero attached hydrogens (tertiary/aromatic N) is 4. The Labute approximate surface area is 242 Å². The van der Waals surface area contributed by atoms with Crippen LogP contribution in [0.3, 0.4) is 0 Å². The summed E-state index contributed by atoms with van der Waals surface area (Å²) < 4.78 is 32.8. The van der Waals surface area contributed by atoms with Crippen LogP contribution >= 0.6 is 11.3 Å². The van der Waals surface area contributed by atoms with Gasteiger partial charge in [-0.05, 0) is 31.0 Å². The van der Waals surface area contributed by atoms with Crippen LogP contribution in [-0.4, -0.2) is 103 Å². The van der Waals surface area contributed by atoms with Crippen LogP contribution in [-0.2, 0) is 14.3 Å². The van der Waals surface area contributed by atoms with E-state index < -0.39 is 47.8 Å². The lowest BCUT2D eigenvalue weighted by atomic mass is 9.80. The fourth-order valence-corrected chi connectivity index (χ4v) is 6.54. The number of anilines is 1. The smallest absolute Gasteiger partial charge is 0.251 e. The monoisotopic (exact) mass is 589 g/mol. The third kappa shape index (κ3) is 5.87. The molecule has 9 nitrogen and oxygen atoms in total. The number of likely N-dealkylation sites (tertiary alicyclic amines) is 1. The maximum absolute atomic E-state index is 13.8. The molecular weight excluding hydrogens is 552 g/mol. The lowest BCUT2D eigenvalue weighted by molar-refractivity contribution is -0.140. The summed E-state index contributed by atoms with van der Waals surface area (Å²) in [4.78, 5) is 50.3. The number of hydrogen-bond acceptors (Lipinski definition) is 8. The fraction of sp³-hybridized carbons (Fsp3) is 0.586. The highest BCUT2D eigenvalue weighted by molar-refractivity contribution is 7.14. The molecule has 12 heteroatoms. The van der Waals surface area contributed by atoms with Crippen molar-refractivity contribution in [1.82, 2.24) is 20.1 Å². The predicted molar refractivity (Wildman–Crippen MR) is 152 cm³/mol. The second-order valence-electron chi connectivity index (χ2n) is 11.8. The maximum Gasteiger partial charge on any atom is 0.251 e. The molecule has 1 aromatic heterocycles. The van der Waals surface area contributed by atoms with Gasteiger partial charge in [0.05, 0.1) is 17.7 Å². The Balaban J connectivity index is 1.31. The molecule has 3 aliphatic rings. The highest BCUT2D eigenvalue weighted by Crippen LogP contribution is 2.37. The van der Waals surface area contributed by atoms with Crippen molar-refractivity contribution in [3.05, 3.63) is 35.2 Å². The second-order valence-corrected chi connectivity index (χ2v) is 12.6. The second kappa shape index (κ2) is 11.7. The van der Waals surface area contributed by atoms with Crippen molar-refractivity contribution in [3.8, 4) is 11.3 Å². The summed E-state index contributed by atoms with van der Waals surface area (Å²) in [6.45, 7) is 8.83. The minimum absolute atomic E-state index is 0.289. The van der Waals surface area contributed by atoms with Crippen molar-refractivity contribution in [3.63, 3.8) is 0 Å². The van der Waals surface area contributed by atoms with Gasteiger partial charge >= 0.3 is 0 Å². The average molecular weight is 590 g/mol. The summed E-state index contributed by atoms with van der Waals surface area (Å²) >= 11 is 1.60. The number of hydrogen-bond donors (Lipinski definition) is 1. The average Bonchev–Trinajstić information content (AvgIpc) is 3.69. The number of carbonyl (C=O) groups excluding carboxylic acids is 3. The van der Waals surface area contributed by atoms with E-state index in [1.165, 1.54) is 4.90 Å². The molecule has 0 aliphatic carbocycles. The Bertz CT molecular complexity index is 1280. The zero-order valence-electron chi connectivity index (χ0n) is 23.8. The maximum atomic E-state index is 13.8.